The zero-order chi connectivity index (χ0) is 14.8. The minimum Gasteiger partial charge on any atom is -0.479 e. The summed E-state index contributed by atoms with van der Waals surface area (Å²) in [5, 5.41) is 11.6. The van der Waals surface area contributed by atoms with Crippen molar-refractivity contribution in [2.75, 3.05) is 25.2 Å². The van der Waals surface area contributed by atoms with E-state index >= 15 is 0 Å². The summed E-state index contributed by atoms with van der Waals surface area (Å²) < 4.78 is 18.6. The molecule has 2 amide bonds. The molecule has 1 aromatic carbocycles. The molecule has 1 saturated heterocycles. The van der Waals surface area contributed by atoms with E-state index < -0.39 is 23.4 Å². The van der Waals surface area contributed by atoms with Crippen LogP contribution < -0.4 is 10.2 Å². The van der Waals surface area contributed by atoms with Crippen molar-refractivity contribution in [3.8, 4) is 0 Å². The Bertz CT molecular complexity index is 529. The van der Waals surface area contributed by atoms with Crippen LogP contribution in [0.2, 0.25) is 0 Å². The first-order valence-electron chi connectivity index (χ1n) is 6.08. The number of nitrogens with one attached hydrogen (secondary N) is 1. The maximum Gasteiger partial charge on any atom is 0.332 e. The van der Waals surface area contributed by atoms with Gasteiger partial charge in [0.2, 0.25) is 0 Å². The number of para-hydroxylation sites is 1. The van der Waals surface area contributed by atoms with Crippen LogP contribution in [0.5, 0.6) is 0 Å². The number of aliphatic carboxylic acids is 1. The third kappa shape index (κ3) is 2.57. The first-order chi connectivity index (χ1) is 9.46. The Morgan fingerprint density at radius 3 is 2.70 bits per heavy atom. The third-order valence-electron chi connectivity index (χ3n) is 3.30. The van der Waals surface area contributed by atoms with E-state index in [0.717, 1.165) is 4.90 Å². The third-order valence-corrected chi connectivity index (χ3v) is 3.30. The molecule has 0 radical (unpaired) electrons. The average molecular weight is 282 g/mol. The number of benzene rings is 1. The molecule has 6 nitrogen and oxygen atoms in total. The van der Waals surface area contributed by atoms with E-state index in [1.807, 2.05) is 0 Å². The van der Waals surface area contributed by atoms with Gasteiger partial charge in [0.25, 0.3) is 0 Å². The Labute approximate surface area is 115 Å². The minimum atomic E-state index is -1.45. The number of carboxylic acid groups (broad SMARTS) is 1. The van der Waals surface area contributed by atoms with Crippen LogP contribution in [-0.2, 0) is 9.53 Å². The topological polar surface area (TPSA) is 78.9 Å². The summed E-state index contributed by atoms with van der Waals surface area (Å²) in [5.74, 6) is -1.72. The predicted molar refractivity (Wildman–Crippen MR) is 69.1 cm³/mol. The van der Waals surface area contributed by atoms with Gasteiger partial charge in [-0.3, -0.25) is 4.90 Å². The molecule has 2 N–H and O–H groups in total. The van der Waals surface area contributed by atoms with Crippen LogP contribution >= 0.6 is 0 Å². The summed E-state index contributed by atoms with van der Waals surface area (Å²) in [4.78, 5) is 24.4. The second-order valence-corrected chi connectivity index (χ2v) is 4.63. The molecule has 2 rings (SSSR count). The summed E-state index contributed by atoms with van der Waals surface area (Å²) in [6.07, 6.45) is 0.180. The Kier molecular flexibility index (Phi) is 3.89. The second-order valence-electron chi connectivity index (χ2n) is 4.63. The summed E-state index contributed by atoms with van der Waals surface area (Å²) in [6, 6.07) is 5.07. The van der Waals surface area contributed by atoms with Gasteiger partial charge in [-0.25, -0.2) is 14.0 Å². The maximum atomic E-state index is 13.6. The fourth-order valence-corrected chi connectivity index (χ4v) is 2.01. The fourth-order valence-electron chi connectivity index (χ4n) is 2.01. The number of urea groups is 1. The largest absolute Gasteiger partial charge is 0.479 e. The Morgan fingerprint density at radius 1 is 1.45 bits per heavy atom. The molecule has 20 heavy (non-hydrogen) atoms. The van der Waals surface area contributed by atoms with Gasteiger partial charge >= 0.3 is 12.0 Å². The monoisotopic (exact) mass is 282 g/mol. The molecule has 0 spiro atoms. The highest BCUT2D eigenvalue weighted by Gasteiger charge is 2.44. The summed E-state index contributed by atoms with van der Waals surface area (Å²) in [7, 11) is 1.37. The quantitative estimate of drug-likeness (QED) is 0.873. The number of nitrogens with zero attached hydrogens (tertiary/aromatic N) is 1. The van der Waals surface area contributed by atoms with Gasteiger partial charge in [-0.15, -0.1) is 0 Å². The van der Waals surface area contributed by atoms with E-state index in [1.54, 1.807) is 6.07 Å². The van der Waals surface area contributed by atoms with Crippen molar-refractivity contribution in [1.29, 1.82) is 0 Å². The van der Waals surface area contributed by atoms with Crippen LogP contribution in [0.15, 0.2) is 24.3 Å². The van der Waals surface area contributed by atoms with Crippen molar-refractivity contribution in [2.45, 2.75) is 12.0 Å². The van der Waals surface area contributed by atoms with E-state index in [1.165, 1.54) is 25.2 Å². The highest BCUT2D eigenvalue weighted by Crippen LogP contribution is 2.21. The van der Waals surface area contributed by atoms with Gasteiger partial charge < -0.3 is 15.2 Å². The van der Waals surface area contributed by atoms with Gasteiger partial charge in [0.1, 0.15) is 5.82 Å². The number of carboxylic acids is 1. The molecule has 1 fully saturated rings. The number of carbonyl (C=O) groups excluding carboxylic acids is 1. The van der Waals surface area contributed by atoms with Gasteiger partial charge in [-0.2, -0.15) is 0 Å². The van der Waals surface area contributed by atoms with Crippen LogP contribution in [-0.4, -0.2) is 42.9 Å². The van der Waals surface area contributed by atoms with E-state index in [2.05, 4.69) is 5.32 Å². The van der Waals surface area contributed by atoms with Gasteiger partial charge in [0, 0.05) is 20.1 Å². The van der Waals surface area contributed by atoms with Crippen LogP contribution in [0, 0.1) is 5.82 Å². The molecule has 7 heteroatoms. The lowest BCUT2D eigenvalue weighted by Gasteiger charge is -2.27. The van der Waals surface area contributed by atoms with Gasteiger partial charge in [-0.05, 0) is 12.1 Å². The Hall–Kier alpha value is -2.15. The van der Waals surface area contributed by atoms with Gasteiger partial charge in [0.05, 0.1) is 12.3 Å². The highest BCUT2D eigenvalue weighted by molar-refractivity contribution is 5.95. The summed E-state index contributed by atoms with van der Waals surface area (Å²) >= 11 is 0. The normalized spacial score (nSPS) is 21.5. The molecule has 1 aliphatic rings. The lowest BCUT2D eigenvalue weighted by molar-refractivity contribution is -0.144. The van der Waals surface area contributed by atoms with Crippen LogP contribution in [0.3, 0.4) is 0 Å². The standard InChI is InChI=1S/C13H15FN2O4/c1-16(10-5-3-2-4-9(10)14)12(19)15-13(11(17)18)6-7-20-8-13/h2-5H,6-8H2,1H3,(H,15,19)(H,17,18). The molecule has 0 saturated carbocycles. The van der Waals surface area contributed by atoms with E-state index in [-0.39, 0.29) is 25.3 Å². The number of hydrogen-bond acceptors (Lipinski definition) is 3. The molecule has 0 aliphatic carbocycles. The van der Waals surface area contributed by atoms with Crippen molar-refractivity contribution in [2.24, 2.45) is 0 Å². The molecule has 1 aromatic rings. The zero-order valence-corrected chi connectivity index (χ0v) is 10.9. The number of amides is 2. The highest BCUT2D eigenvalue weighted by atomic mass is 19.1. The predicted octanol–water partition coefficient (Wildman–Crippen LogP) is 1.22. The molecule has 1 aliphatic heterocycles. The maximum absolute atomic E-state index is 13.6. The first-order valence-corrected chi connectivity index (χ1v) is 6.08. The van der Waals surface area contributed by atoms with Crippen molar-refractivity contribution in [3.05, 3.63) is 30.1 Å². The number of carbonyl (C=O) groups is 2. The number of hydrogen-bond donors (Lipinski definition) is 2. The number of rotatable bonds is 3. The van der Waals surface area contributed by atoms with Crippen LogP contribution in [0.4, 0.5) is 14.9 Å². The molecule has 1 heterocycles. The number of anilines is 1. The Balaban J connectivity index is 2.15. The average Bonchev–Trinajstić information content (AvgIpc) is 2.88. The molecule has 108 valence electrons. The van der Waals surface area contributed by atoms with Gasteiger partial charge in [0.15, 0.2) is 5.54 Å². The first kappa shape index (κ1) is 14.3. The van der Waals surface area contributed by atoms with E-state index in [0.29, 0.717) is 0 Å². The van der Waals surface area contributed by atoms with Crippen molar-refractivity contribution in [1.82, 2.24) is 5.32 Å². The molecule has 1 atom stereocenters. The zero-order valence-electron chi connectivity index (χ0n) is 10.9. The van der Waals surface area contributed by atoms with Crippen molar-refractivity contribution < 1.29 is 23.8 Å². The van der Waals surface area contributed by atoms with Crippen LogP contribution in [0.1, 0.15) is 6.42 Å². The summed E-state index contributed by atoms with van der Waals surface area (Å²) in [5.41, 5.74) is -1.37. The van der Waals surface area contributed by atoms with Crippen molar-refractivity contribution >= 4 is 17.7 Å². The van der Waals surface area contributed by atoms with Crippen molar-refractivity contribution in [3.63, 3.8) is 0 Å². The molecule has 0 bridgehead atoms. The molecular weight excluding hydrogens is 267 g/mol. The van der Waals surface area contributed by atoms with Gasteiger partial charge in [-0.1, -0.05) is 12.1 Å². The summed E-state index contributed by atoms with van der Waals surface area (Å²) in [6.45, 7) is 0.162. The molecule has 1 unspecified atom stereocenters. The SMILES string of the molecule is CN(C(=O)NC1(C(=O)O)CCOC1)c1ccccc1F. The lowest BCUT2D eigenvalue weighted by Crippen LogP contribution is -2.58. The molecule has 0 aromatic heterocycles. The minimum absolute atomic E-state index is 0.0736. The van der Waals surface area contributed by atoms with E-state index in [4.69, 9.17) is 4.74 Å². The number of halogens is 1. The second kappa shape index (κ2) is 5.46. The van der Waals surface area contributed by atoms with Crippen LogP contribution in [0.25, 0.3) is 0 Å². The van der Waals surface area contributed by atoms with E-state index in [9.17, 15) is 19.1 Å². The number of ether oxygens (including phenoxy) is 1. The fraction of sp³-hybridized carbons (Fsp3) is 0.385. The Morgan fingerprint density at radius 2 is 2.15 bits per heavy atom. The molecular formula is C13H15FN2O4. The lowest BCUT2D eigenvalue weighted by atomic mass is 9.99. The smallest absolute Gasteiger partial charge is 0.332 e.